The summed E-state index contributed by atoms with van der Waals surface area (Å²) >= 11 is 0. The lowest BCUT2D eigenvalue weighted by atomic mass is 9.91. The van der Waals surface area contributed by atoms with Gasteiger partial charge in [0.2, 0.25) is 0 Å². The number of amides is 1. The highest BCUT2D eigenvalue weighted by Gasteiger charge is 2.41. The third-order valence-corrected chi connectivity index (χ3v) is 5.34. The van der Waals surface area contributed by atoms with E-state index in [2.05, 4.69) is 0 Å². The van der Waals surface area contributed by atoms with Crippen LogP contribution in [0.5, 0.6) is 5.75 Å². The Labute approximate surface area is 166 Å². The van der Waals surface area contributed by atoms with Gasteiger partial charge < -0.3 is 19.1 Å². The van der Waals surface area contributed by atoms with E-state index in [4.69, 9.17) is 14.2 Å². The molecule has 0 bridgehead atoms. The monoisotopic (exact) mass is 407 g/mol. The van der Waals surface area contributed by atoms with Gasteiger partial charge in [0.1, 0.15) is 17.5 Å². The molecule has 0 spiro atoms. The number of benzene rings is 2. The van der Waals surface area contributed by atoms with Gasteiger partial charge in [0.05, 0.1) is 31.9 Å². The summed E-state index contributed by atoms with van der Waals surface area (Å²) in [6.45, 7) is 1.76. The van der Waals surface area contributed by atoms with Crippen LogP contribution in [-0.4, -0.2) is 50.3 Å². The molecular formula is C21H20F3NO4. The number of carbonyl (C=O) groups is 1. The van der Waals surface area contributed by atoms with Crippen molar-refractivity contribution in [2.45, 2.75) is 17.9 Å². The standard InChI is InChI=1S/C21H20F3NO4/c1-27-20(12-28-13-20)15-4-2-14(3-5-15)19(26)25-10-18(11-25)29-17-8-6-16(7-9-17)21(22,23)24/h2-9,18H,10-13H2,1H3. The summed E-state index contributed by atoms with van der Waals surface area (Å²) in [4.78, 5) is 14.2. The summed E-state index contributed by atoms with van der Waals surface area (Å²) in [5.41, 5.74) is 0.379. The maximum atomic E-state index is 12.6. The largest absolute Gasteiger partial charge is 0.487 e. The summed E-state index contributed by atoms with van der Waals surface area (Å²) in [5, 5.41) is 0. The third-order valence-electron chi connectivity index (χ3n) is 5.34. The van der Waals surface area contributed by atoms with E-state index < -0.39 is 17.3 Å². The van der Waals surface area contributed by atoms with Crippen molar-refractivity contribution in [3.8, 4) is 5.75 Å². The Hall–Kier alpha value is -2.58. The summed E-state index contributed by atoms with van der Waals surface area (Å²) in [6.07, 6.45) is -4.61. The van der Waals surface area contributed by atoms with Gasteiger partial charge in [0.25, 0.3) is 5.91 Å². The zero-order valence-corrected chi connectivity index (χ0v) is 15.7. The molecule has 2 fully saturated rings. The molecular weight excluding hydrogens is 387 g/mol. The number of carbonyl (C=O) groups excluding carboxylic acids is 1. The molecule has 0 unspecified atom stereocenters. The van der Waals surface area contributed by atoms with E-state index in [1.54, 1.807) is 24.1 Å². The molecule has 5 nitrogen and oxygen atoms in total. The van der Waals surface area contributed by atoms with Crippen LogP contribution in [0.2, 0.25) is 0 Å². The Kier molecular flexibility index (Phi) is 5.00. The van der Waals surface area contributed by atoms with Gasteiger partial charge in [0, 0.05) is 12.7 Å². The minimum absolute atomic E-state index is 0.111. The lowest BCUT2D eigenvalue weighted by Crippen LogP contribution is -2.56. The second kappa shape index (κ2) is 7.35. The van der Waals surface area contributed by atoms with Crippen molar-refractivity contribution in [2.24, 2.45) is 0 Å². The highest BCUT2D eigenvalue weighted by atomic mass is 19.4. The normalized spacial score (nSPS) is 18.7. The summed E-state index contributed by atoms with van der Waals surface area (Å²) in [7, 11) is 1.64. The predicted molar refractivity (Wildman–Crippen MR) is 97.7 cm³/mol. The average molecular weight is 407 g/mol. The zero-order chi connectivity index (χ0) is 20.6. The molecule has 0 saturated carbocycles. The molecule has 2 saturated heterocycles. The van der Waals surface area contributed by atoms with Gasteiger partial charge in [-0.05, 0) is 42.0 Å². The zero-order valence-electron chi connectivity index (χ0n) is 15.7. The van der Waals surface area contributed by atoms with Crippen molar-refractivity contribution >= 4 is 5.91 Å². The molecule has 2 aromatic rings. The van der Waals surface area contributed by atoms with Crippen LogP contribution < -0.4 is 4.74 Å². The smallest absolute Gasteiger partial charge is 0.416 e. The molecule has 2 heterocycles. The molecule has 29 heavy (non-hydrogen) atoms. The number of hydrogen-bond acceptors (Lipinski definition) is 4. The summed E-state index contributed by atoms with van der Waals surface area (Å²) < 4.78 is 54.2. The average Bonchev–Trinajstić information content (AvgIpc) is 2.64. The van der Waals surface area contributed by atoms with Crippen LogP contribution in [0.4, 0.5) is 13.2 Å². The van der Waals surface area contributed by atoms with Crippen molar-refractivity contribution in [1.82, 2.24) is 4.90 Å². The number of ether oxygens (including phenoxy) is 3. The fourth-order valence-corrected chi connectivity index (χ4v) is 3.38. The van der Waals surface area contributed by atoms with Gasteiger partial charge in [-0.2, -0.15) is 13.2 Å². The maximum absolute atomic E-state index is 12.6. The quantitative estimate of drug-likeness (QED) is 0.762. The molecule has 8 heteroatoms. The Morgan fingerprint density at radius 2 is 1.69 bits per heavy atom. The van der Waals surface area contributed by atoms with E-state index in [-0.39, 0.29) is 12.0 Å². The Morgan fingerprint density at radius 1 is 1.07 bits per heavy atom. The Bertz CT molecular complexity index is 865. The number of methoxy groups -OCH3 is 1. The second-order valence-electron chi connectivity index (χ2n) is 7.24. The first-order valence-electron chi connectivity index (χ1n) is 9.17. The van der Waals surface area contributed by atoms with Crippen LogP contribution >= 0.6 is 0 Å². The third kappa shape index (κ3) is 3.82. The van der Waals surface area contributed by atoms with Gasteiger partial charge >= 0.3 is 6.18 Å². The van der Waals surface area contributed by atoms with Crippen LogP contribution in [-0.2, 0) is 21.3 Å². The molecule has 154 valence electrons. The lowest BCUT2D eigenvalue weighted by molar-refractivity contribution is -0.202. The van der Waals surface area contributed by atoms with Gasteiger partial charge in [0.15, 0.2) is 0 Å². The van der Waals surface area contributed by atoms with Crippen molar-refractivity contribution in [3.05, 3.63) is 65.2 Å². The molecule has 2 aliphatic rings. The van der Waals surface area contributed by atoms with E-state index in [1.807, 2.05) is 12.1 Å². The van der Waals surface area contributed by atoms with E-state index in [0.29, 0.717) is 37.6 Å². The minimum Gasteiger partial charge on any atom is -0.487 e. The van der Waals surface area contributed by atoms with E-state index in [0.717, 1.165) is 17.7 Å². The number of halogens is 3. The van der Waals surface area contributed by atoms with Gasteiger partial charge in [-0.15, -0.1) is 0 Å². The molecule has 2 aliphatic heterocycles. The van der Waals surface area contributed by atoms with Crippen molar-refractivity contribution < 1.29 is 32.2 Å². The molecule has 0 radical (unpaired) electrons. The first-order valence-corrected chi connectivity index (χ1v) is 9.17. The van der Waals surface area contributed by atoms with E-state index in [1.165, 1.54) is 12.1 Å². The molecule has 0 atom stereocenters. The molecule has 0 aromatic heterocycles. The van der Waals surface area contributed by atoms with Crippen LogP contribution in [0.3, 0.4) is 0 Å². The topological polar surface area (TPSA) is 48.0 Å². The SMILES string of the molecule is COC1(c2ccc(C(=O)N3CC(Oc4ccc(C(F)(F)F)cc4)C3)cc2)COC1. The molecule has 0 N–H and O–H groups in total. The lowest BCUT2D eigenvalue weighted by Gasteiger charge is -2.41. The predicted octanol–water partition coefficient (Wildman–Crippen LogP) is 3.48. The van der Waals surface area contributed by atoms with Gasteiger partial charge in [-0.25, -0.2) is 0 Å². The highest BCUT2D eigenvalue weighted by Crippen LogP contribution is 2.33. The Balaban J connectivity index is 1.31. The van der Waals surface area contributed by atoms with Crippen molar-refractivity contribution in [3.63, 3.8) is 0 Å². The summed E-state index contributed by atoms with van der Waals surface area (Å²) in [6, 6.07) is 11.8. The number of rotatable bonds is 5. The van der Waals surface area contributed by atoms with Crippen LogP contribution in [0.15, 0.2) is 48.5 Å². The van der Waals surface area contributed by atoms with Crippen molar-refractivity contribution in [1.29, 1.82) is 0 Å². The fraction of sp³-hybridized carbons (Fsp3) is 0.381. The molecule has 1 amide bonds. The number of likely N-dealkylation sites (tertiary alicyclic amines) is 1. The Morgan fingerprint density at radius 3 is 2.17 bits per heavy atom. The maximum Gasteiger partial charge on any atom is 0.416 e. The summed E-state index contributed by atoms with van der Waals surface area (Å²) in [5.74, 6) is 0.243. The van der Waals surface area contributed by atoms with Gasteiger partial charge in [-0.1, -0.05) is 12.1 Å². The van der Waals surface area contributed by atoms with Crippen LogP contribution in [0.25, 0.3) is 0 Å². The molecule has 2 aromatic carbocycles. The first-order chi connectivity index (χ1) is 13.8. The highest BCUT2D eigenvalue weighted by molar-refractivity contribution is 5.94. The van der Waals surface area contributed by atoms with Gasteiger partial charge in [-0.3, -0.25) is 4.79 Å². The minimum atomic E-state index is -4.37. The van der Waals surface area contributed by atoms with Crippen LogP contribution in [0.1, 0.15) is 21.5 Å². The number of hydrogen-bond donors (Lipinski definition) is 0. The first kappa shape index (κ1) is 19.7. The fourth-order valence-electron chi connectivity index (χ4n) is 3.38. The molecule has 0 aliphatic carbocycles. The van der Waals surface area contributed by atoms with Crippen molar-refractivity contribution in [2.75, 3.05) is 33.4 Å². The van der Waals surface area contributed by atoms with E-state index >= 15 is 0 Å². The second-order valence-corrected chi connectivity index (χ2v) is 7.24. The number of nitrogens with zero attached hydrogens (tertiary/aromatic N) is 1. The van der Waals surface area contributed by atoms with E-state index in [9.17, 15) is 18.0 Å². The van der Waals surface area contributed by atoms with Crippen LogP contribution in [0, 0.1) is 0 Å². The number of alkyl halides is 3. The molecule has 4 rings (SSSR count).